The molecule has 0 aromatic heterocycles. The molecule has 1 aliphatic rings. The average Bonchev–Trinajstić information content (AvgIpc) is 3.18. The largest absolute Gasteiger partial charge is 0.490 e. The summed E-state index contributed by atoms with van der Waals surface area (Å²) in [5.74, 6) is 0.823. The fraction of sp³-hybridized carbons (Fsp3) is 0.571. The minimum Gasteiger partial charge on any atom is -0.490 e. The molecule has 1 aromatic carbocycles. The second-order valence-corrected chi connectivity index (χ2v) is 4.75. The third-order valence-electron chi connectivity index (χ3n) is 2.93. The zero-order valence-electron chi connectivity index (χ0n) is 10.7. The second-order valence-electron chi connectivity index (χ2n) is 4.75. The van der Waals surface area contributed by atoms with Gasteiger partial charge in [0.2, 0.25) is 0 Å². The molecule has 0 heterocycles. The van der Waals surface area contributed by atoms with E-state index in [0.29, 0.717) is 12.5 Å². The smallest absolute Gasteiger partial charge is 0.261 e. The summed E-state index contributed by atoms with van der Waals surface area (Å²) in [6.45, 7) is -0.295. The number of ether oxygens (including phenoxy) is 2. The fourth-order valence-electron chi connectivity index (χ4n) is 1.75. The monoisotopic (exact) mass is 271 g/mol. The van der Waals surface area contributed by atoms with Gasteiger partial charge in [-0.05, 0) is 37.0 Å². The van der Waals surface area contributed by atoms with Crippen molar-refractivity contribution in [3.63, 3.8) is 0 Å². The van der Waals surface area contributed by atoms with Gasteiger partial charge < -0.3 is 15.2 Å². The zero-order valence-corrected chi connectivity index (χ0v) is 10.7. The molecular weight excluding hydrogens is 252 g/mol. The van der Waals surface area contributed by atoms with E-state index in [2.05, 4.69) is 0 Å². The lowest BCUT2D eigenvalue weighted by atomic mass is 10.1. The topological polar surface area (TPSA) is 44.5 Å². The van der Waals surface area contributed by atoms with Gasteiger partial charge in [-0.2, -0.15) is 0 Å². The lowest BCUT2D eigenvalue weighted by Crippen LogP contribution is -2.15. The third kappa shape index (κ3) is 5.12. The first kappa shape index (κ1) is 14.2. The van der Waals surface area contributed by atoms with Gasteiger partial charge in [0.25, 0.3) is 6.43 Å². The summed E-state index contributed by atoms with van der Waals surface area (Å²) < 4.78 is 34.3. The van der Waals surface area contributed by atoms with Gasteiger partial charge in [-0.1, -0.05) is 12.1 Å². The molecule has 0 aliphatic heterocycles. The molecule has 1 saturated carbocycles. The van der Waals surface area contributed by atoms with Crippen LogP contribution in [0.2, 0.25) is 0 Å². The normalized spacial score (nSPS) is 16.6. The molecule has 5 heteroatoms. The summed E-state index contributed by atoms with van der Waals surface area (Å²) in [6.07, 6.45) is 0.655. The van der Waals surface area contributed by atoms with Crippen molar-refractivity contribution in [3.8, 4) is 5.75 Å². The molecule has 0 spiro atoms. The Bertz CT molecular complexity index is 397. The molecule has 1 aromatic rings. The molecule has 0 amide bonds. The highest BCUT2D eigenvalue weighted by Gasteiger charge is 2.23. The molecule has 19 heavy (non-hydrogen) atoms. The van der Waals surface area contributed by atoms with E-state index in [9.17, 15) is 8.78 Å². The first-order valence-corrected chi connectivity index (χ1v) is 6.53. The highest BCUT2D eigenvalue weighted by atomic mass is 19.3. The van der Waals surface area contributed by atoms with Crippen LogP contribution in [0.3, 0.4) is 0 Å². The van der Waals surface area contributed by atoms with Crippen LogP contribution in [0.5, 0.6) is 5.75 Å². The van der Waals surface area contributed by atoms with Crippen molar-refractivity contribution in [1.29, 1.82) is 0 Å². The van der Waals surface area contributed by atoms with Gasteiger partial charge in [-0.15, -0.1) is 0 Å². The summed E-state index contributed by atoms with van der Waals surface area (Å²) >= 11 is 0. The predicted molar refractivity (Wildman–Crippen MR) is 68.5 cm³/mol. The Morgan fingerprint density at radius 2 is 2.11 bits per heavy atom. The standard InChI is InChI=1S/C14H19F2NO2/c15-14(16)9-18-7-6-13(17)10-2-1-3-12(8-10)19-11-4-5-11/h1-3,8,11,13-14H,4-7,9,17H2. The number of rotatable bonds is 8. The maximum absolute atomic E-state index is 11.9. The minimum absolute atomic E-state index is 0.222. The molecule has 0 saturated heterocycles. The van der Waals surface area contributed by atoms with Crippen LogP contribution in [0.1, 0.15) is 30.9 Å². The van der Waals surface area contributed by atoms with Crippen molar-refractivity contribution in [2.75, 3.05) is 13.2 Å². The first-order valence-electron chi connectivity index (χ1n) is 6.53. The summed E-state index contributed by atoms with van der Waals surface area (Å²) in [5, 5.41) is 0. The van der Waals surface area contributed by atoms with Crippen molar-refractivity contribution in [3.05, 3.63) is 29.8 Å². The molecule has 0 radical (unpaired) electrons. The second kappa shape index (κ2) is 6.82. The van der Waals surface area contributed by atoms with Crippen LogP contribution < -0.4 is 10.5 Å². The molecule has 1 aliphatic carbocycles. The lowest BCUT2D eigenvalue weighted by molar-refractivity contribution is 0.0152. The number of alkyl halides is 2. The Morgan fingerprint density at radius 3 is 2.79 bits per heavy atom. The maximum atomic E-state index is 11.9. The molecule has 106 valence electrons. The van der Waals surface area contributed by atoms with E-state index in [-0.39, 0.29) is 12.6 Å². The maximum Gasteiger partial charge on any atom is 0.261 e. The van der Waals surface area contributed by atoms with Crippen molar-refractivity contribution in [2.45, 2.75) is 37.8 Å². The van der Waals surface area contributed by atoms with E-state index < -0.39 is 13.0 Å². The SMILES string of the molecule is NC(CCOCC(F)F)c1cccc(OC2CC2)c1. The van der Waals surface area contributed by atoms with Gasteiger partial charge in [0.1, 0.15) is 12.4 Å². The van der Waals surface area contributed by atoms with E-state index in [4.69, 9.17) is 15.2 Å². The average molecular weight is 271 g/mol. The highest BCUT2D eigenvalue weighted by molar-refractivity contribution is 5.30. The van der Waals surface area contributed by atoms with Gasteiger partial charge in [0, 0.05) is 12.6 Å². The van der Waals surface area contributed by atoms with E-state index in [0.717, 1.165) is 24.2 Å². The summed E-state index contributed by atoms with van der Waals surface area (Å²) in [7, 11) is 0. The summed E-state index contributed by atoms with van der Waals surface area (Å²) in [6, 6.07) is 7.41. The van der Waals surface area contributed by atoms with Gasteiger partial charge in [0.05, 0.1) is 6.10 Å². The minimum atomic E-state index is -2.42. The van der Waals surface area contributed by atoms with Crippen molar-refractivity contribution in [2.24, 2.45) is 5.73 Å². The molecule has 3 nitrogen and oxygen atoms in total. The molecule has 2 rings (SSSR count). The Hall–Kier alpha value is -1.20. The predicted octanol–water partition coefficient (Wildman–Crippen LogP) is 2.90. The first-order chi connectivity index (χ1) is 9.15. The van der Waals surface area contributed by atoms with Crippen LogP contribution >= 0.6 is 0 Å². The van der Waals surface area contributed by atoms with Crippen LogP contribution in [0.25, 0.3) is 0 Å². The van der Waals surface area contributed by atoms with E-state index in [1.54, 1.807) is 0 Å². The molecular formula is C14H19F2NO2. The molecule has 0 bridgehead atoms. The third-order valence-corrected chi connectivity index (χ3v) is 2.93. The van der Waals surface area contributed by atoms with Crippen LogP contribution in [0.4, 0.5) is 8.78 Å². The summed E-state index contributed by atoms with van der Waals surface area (Å²) in [4.78, 5) is 0. The number of hydrogen-bond acceptors (Lipinski definition) is 3. The molecule has 1 fully saturated rings. The van der Waals surface area contributed by atoms with Crippen LogP contribution in [-0.2, 0) is 4.74 Å². The van der Waals surface area contributed by atoms with Crippen LogP contribution in [0, 0.1) is 0 Å². The number of benzene rings is 1. The Labute approximate surface area is 111 Å². The summed E-state index contributed by atoms with van der Waals surface area (Å²) in [5.41, 5.74) is 6.95. The molecule has 1 atom stereocenters. The van der Waals surface area contributed by atoms with Gasteiger partial charge in [0.15, 0.2) is 0 Å². The Balaban J connectivity index is 1.78. The van der Waals surface area contributed by atoms with E-state index >= 15 is 0 Å². The van der Waals surface area contributed by atoms with Crippen LogP contribution in [-0.4, -0.2) is 25.7 Å². The van der Waals surface area contributed by atoms with Gasteiger partial charge in [-0.3, -0.25) is 0 Å². The van der Waals surface area contributed by atoms with E-state index in [1.165, 1.54) is 0 Å². The van der Waals surface area contributed by atoms with Crippen molar-refractivity contribution >= 4 is 0 Å². The van der Waals surface area contributed by atoms with Crippen molar-refractivity contribution in [1.82, 2.24) is 0 Å². The molecule has 1 unspecified atom stereocenters. The fourth-order valence-corrected chi connectivity index (χ4v) is 1.75. The van der Waals surface area contributed by atoms with Crippen molar-refractivity contribution < 1.29 is 18.3 Å². The number of nitrogens with two attached hydrogens (primary N) is 1. The molecule has 2 N–H and O–H groups in total. The van der Waals surface area contributed by atoms with Crippen LogP contribution in [0.15, 0.2) is 24.3 Å². The Morgan fingerprint density at radius 1 is 1.32 bits per heavy atom. The van der Waals surface area contributed by atoms with E-state index in [1.807, 2.05) is 24.3 Å². The quantitative estimate of drug-likeness (QED) is 0.739. The highest BCUT2D eigenvalue weighted by Crippen LogP contribution is 2.28. The lowest BCUT2D eigenvalue weighted by Gasteiger charge is -2.14. The number of halogens is 2. The number of hydrogen-bond donors (Lipinski definition) is 1. The zero-order chi connectivity index (χ0) is 13.7. The van der Waals surface area contributed by atoms with Gasteiger partial charge >= 0.3 is 0 Å². The van der Waals surface area contributed by atoms with Gasteiger partial charge in [-0.25, -0.2) is 8.78 Å². The Kier molecular flexibility index (Phi) is 5.10.